The van der Waals surface area contributed by atoms with E-state index in [-0.39, 0.29) is 5.69 Å². The summed E-state index contributed by atoms with van der Waals surface area (Å²) in [5.74, 6) is 0. The van der Waals surface area contributed by atoms with Crippen LogP contribution >= 0.6 is 0 Å². The van der Waals surface area contributed by atoms with E-state index in [4.69, 9.17) is 5.73 Å². The number of nitrogens with zero attached hydrogens (tertiary/aromatic N) is 2. The van der Waals surface area contributed by atoms with Gasteiger partial charge in [-0.3, -0.25) is 15.0 Å². The molecule has 0 amide bonds. The number of nitro benzene ring substituents is 1. The Morgan fingerprint density at radius 2 is 2.16 bits per heavy atom. The van der Waals surface area contributed by atoms with Crippen molar-refractivity contribution in [2.45, 2.75) is 31.3 Å². The molecule has 19 heavy (non-hydrogen) atoms. The molecule has 0 spiro atoms. The highest BCUT2D eigenvalue weighted by Gasteiger charge is 2.37. The van der Waals surface area contributed by atoms with Gasteiger partial charge in [0, 0.05) is 42.1 Å². The smallest absolute Gasteiger partial charge is 0.273 e. The zero-order valence-electron chi connectivity index (χ0n) is 10.7. The Labute approximate surface area is 111 Å². The molecule has 3 rings (SSSR count). The van der Waals surface area contributed by atoms with E-state index in [1.807, 2.05) is 0 Å². The molecule has 2 fully saturated rings. The summed E-state index contributed by atoms with van der Waals surface area (Å²) in [5.41, 5.74) is 6.95. The lowest BCUT2D eigenvalue weighted by molar-refractivity contribution is -0.384. The van der Waals surface area contributed by atoms with Gasteiger partial charge in [0.2, 0.25) is 0 Å². The molecule has 2 heterocycles. The molecule has 6 nitrogen and oxygen atoms in total. The summed E-state index contributed by atoms with van der Waals surface area (Å²) in [6.45, 7) is 2.30. The molecular formula is C13H18N4O2. The molecule has 2 aliphatic rings. The maximum Gasteiger partial charge on any atom is 0.273 e. The second-order valence-corrected chi connectivity index (χ2v) is 5.36. The van der Waals surface area contributed by atoms with E-state index in [9.17, 15) is 10.1 Å². The predicted molar refractivity (Wildman–Crippen MR) is 74.1 cm³/mol. The average molecular weight is 262 g/mol. The third-order valence-corrected chi connectivity index (χ3v) is 4.11. The van der Waals surface area contributed by atoms with Crippen LogP contribution in [-0.2, 0) is 0 Å². The predicted octanol–water partition coefficient (Wildman–Crippen LogP) is 1.83. The van der Waals surface area contributed by atoms with Crippen LogP contribution in [0.2, 0.25) is 0 Å². The number of nitrogens with one attached hydrogen (secondary N) is 1. The molecule has 2 unspecified atom stereocenters. The van der Waals surface area contributed by atoms with Crippen LogP contribution in [-0.4, -0.2) is 35.0 Å². The van der Waals surface area contributed by atoms with E-state index in [2.05, 4.69) is 10.2 Å². The summed E-state index contributed by atoms with van der Waals surface area (Å²) in [7, 11) is 0. The van der Waals surface area contributed by atoms with Crippen LogP contribution in [0, 0.1) is 10.1 Å². The van der Waals surface area contributed by atoms with Crippen LogP contribution in [0.4, 0.5) is 17.1 Å². The van der Waals surface area contributed by atoms with E-state index in [1.54, 1.807) is 12.1 Å². The standard InChI is InChI=1S/C13H18N4O2/c14-9-6-10(8-11(7-9)17(18)19)15-12-3-5-16-4-1-2-13(12)16/h6-8,12-13,15H,1-5,14H2. The number of nitrogen functional groups attached to an aromatic ring is 1. The van der Waals surface area contributed by atoms with Gasteiger partial charge in [0.15, 0.2) is 0 Å². The number of rotatable bonds is 3. The fourth-order valence-corrected chi connectivity index (χ4v) is 3.29. The zero-order valence-corrected chi connectivity index (χ0v) is 10.7. The Bertz CT molecular complexity index is 505. The minimum absolute atomic E-state index is 0.0452. The minimum atomic E-state index is -0.405. The normalized spacial score (nSPS) is 26.3. The van der Waals surface area contributed by atoms with E-state index in [0.29, 0.717) is 17.8 Å². The molecule has 2 aliphatic heterocycles. The molecule has 0 radical (unpaired) electrons. The van der Waals surface area contributed by atoms with Gasteiger partial charge < -0.3 is 11.1 Å². The first-order valence-corrected chi connectivity index (χ1v) is 6.69. The van der Waals surface area contributed by atoms with Gasteiger partial charge in [0.1, 0.15) is 0 Å². The van der Waals surface area contributed by atoms with Crippen molar-refractivity contribution in [2.24, 2.45) is 0 Å². The first kappa shape index (κ1) is 12.2. The number of hydrogen-bond acceptors (Lipinski definition) is 5. The number of fused-ring (bicyclic) bond motifs is 1. The van der Waals surface area contributed by atoms with E-state index < -0.39 is 4.92 Å². The number of anilines is 2. The molecule has 0 aliphatic carbocycles. The van der Waals surface area contributed by atoms with Crippen molar-refractivity contribution in [1.29, 1.82) is 0 Å². The molecule has 0 saturated carbocycles. The highest BCUT2D eigenvalue weighted by Crippen LogP contribution is 2.31. The summed E-state index contributed by atoms with van der Waals surface area (Å²) >= 11 is 0. The molecular weight excluding hydrogens is 244 g/mol. The van der Waals surface area contributed by atoms with Gasteiger partial charge in [-0.15, -0.1) is 0 Å². The van der Waals surface area contributed by atoms with Crippen molar-refractivity contribution in [1.82, 2.24) is 4.90 Å². The molecule has 1 aromatic rings. The average Bonchev–Trinajstić information content (AvgIpc) is 2.93. The quantitative estimate of drug-likeness (QED) is 0.493. The Morgan fingerprint density at radius 1 is 1.32 bits per heavy atom. The van der Waals surface area contributed by atoms with Gasteiger partial charge in [0.25, 0.3) is 5.69 Å². The highest BCUT2D eigenvalue weighted by molar-refractivity contribution is 5.62. The van der Waals surface area contributed by atoms with Crippen LogP contribution in [0.1, 0.15) is 19.3 Å². The number of nitrogens with two attached hydrogens (primary N) is 1. The molecule has 1 aromatic carbocycles. The lowest BCUT2D eigenvalue weighted by Gasteiger charge is -2.22. The zero-order chi connectivity index (χ0) is 13.4. The SMILES string of the molecule is Nc1cc(NC2CCN3CCCC23)cc([N+](=O)[O-])c1. The summed E-state index contributed by atoms with van der Waals surface area (Å²) in [4.78, 5) is 12.9. The molecule has 6 heteroatoms. The number of benzene rings is 1. The summed E-state index contributed by atoms with van der Waals surface area (Å²) in [5, 5.41) is 14.3. The number of hydrogen-bond donors (Lipinski definition) is 2. The maximum atomic E-state index is 10.8. The summed E-state index contributed by atoms with van der Waals surface area (Å²) in [6, 6.07) is 5.67. The second-order valence-electron chi connectivity index (χ2n) is 5.36. The van der Waals surface area contributed by atoms with Gasteiger partial charge in [0.05, 0.1) is 4.92 Å². The Hall–Kier alpha value is -1.82. The van der Waals surface area contributed by atoms with Gasteiger partial charge in [-0.25, -0.2) is 0 Å². The Kier molecular flexibility index (Phi) is 3.02. The van der Waals surface area contributed by atoms with Crippen LogP contribution in [0.25, 0.3) is 0 Å². The van der Waals surface area contributed by atoms with Crippen molar-refractivity contribution >= 4 is 17.1 Å². The number of non-ortho nitro benzene ring substituents is 1. The molecule has 3 N–H and O–H groups in total. The lowest BCUT2D eigenvalue weighted by Crippen LogP contribution is -2.33. The summed E-state index contributed by atoms with van der Waals surface area (Å²) in [6.07, 6.45) is 3.55. The van der Waals surface area contributed by atoms with Gasteiger partial charge in [-0.1, -0.05) is 0 Å². The molecule has 0 bridgehead atoms. The van der Waals surface area contributed by atoms with Crippen LogP contribution in [0.15, 0.2) is 18.2 Å². The van der Waals surface area contributed by atoms with Crippen molar-refractivity contribution in [2.75, 3.05) is 24.1 Å². The van der Waals surface area contributed by atoms with E-state index in [0.717, 1.165) is 18.7 Å². The molecule has 0 aromatic heterocycles. The largest absolute Gasteiger partial charge is 0.398 e. The van der Waals surface area contributed by atoms with Crippen LogP contribution < -0.4 is 11.1 Å². The Morgan fingerprint density at radius 3 is 2.95 bits per heavy atom. The third-order valence-electron chi connectivity index (χ3n) is 4.11. The first-order valence-electron chi connectivity index (χ1n) is 6.69. The fraction of sp³-hybridized carbons (Fsp3) is 0.538. The van der Waals surface area contributed by atoms with Crippen molar-refractivity contribution in [3.8, 4) is 0 Å². The van der Waals surface area contributed by atoms with Crippen molar-refractivity contribution in [3.05, 3.63) is 28.3 Å². The van der Waals surface area contributed by atoms with Gasteiger partial charge in [-0.05, 0) is 31.9 Å². The second kappa shape index (κ2) is 4.70. The van der Waals surface area contributed by atoms with E-state index >= 15 is 0 Å². The maximum absolute atomic E-state index is 10.8. The summed E-state index contributed by atoms with van der Waals surface area (Å²) < 4.78 is 0. The van der Waals surface area contributed by atoms with Crippen LogP contribution in [0.5, 0.6) is 0 Å². The third kappa shape index (κ3) is 2.35. The highest BCUT2D eigenvalue weighted by atomic mass is 16.6. The van der Waals surface area contributed by atoms with Crippen molar-refractivity contribution < 1.29 is 4.92 Å². The van der Waals surface area contributed by atoms with Crippen molar-refractivity contribution in [3.63, 3.8) is 0 Å². The van der Waals surface area contributed by atoms with Gasteiger partial charge in [-0.2, -0.15) is 0 Å². The van der Waals surface area contributed by atoms with Crippen LogP contribution in [0.3, 0.4) is 0 Å². The lowest BCUT2D eigenvalue weighted by atomic mass is 10.1. The topological polar surface area (TPSA) is 84.4 Å². The minimum Gasteiger partial charge on any atom is -0.398 e. The first-order chi connectivity index (χ1) is 9.13. The number of nitro groups is 1. The van der Waals surface area contributed by atoms with Gasteiger partial charge >= 0.3 is 0 Å². The molecule has 102 valence electrons. The molecule has 2 atom stereocenters. The molecule has 2 saturated heterocycles. The van der Waals surface area contributed by atoms with E-state index in [1.165, 1.54) is 25.5 Å². The Balaban J connectivity index is 1.78. The fourth-order valence-electron chi connectivity index (χ4n) is 3.29. The monoisotopic (exact) mass is 262 g/mol.